The average molecular weight is 514 g/mol. The molecule has 1 aromatic carbocycles. The predicted molar refractivity (Wildman–Crippen MR) is 116 cm³/mol. The molecular weight excluding hydrogens is 498 g/mol. The van der Waals surface area contributed by atoms with Gasteiger partial charge in [0.25, 0.3) is 0 Å². The van der Waals surface area contributed by atoms with Crippen LogP contribution in [-0.4, -0.2) is 31.9 Å². The molecule has 0 aliphatic carbocycles. The van der Waals surface area contributed by atoms with E-state index in [0.717, 1.165) is 29.8 Å². The van der Waals surface area contributed by atoms with Gasteiger partial charge >= 0.3 is 12.1 Å². The monoisotopic (exact) mass is 513 g/mol. The minimum absolute atomic E-state index is 0.0335. The van der Waals surface area contributed by atoms with E-state index in [9.17, 15) is 23.1 Å². The highest BCUT2D eigenvalue weighted by molar-refractivity contribution is 6.32. The minimum Gasteiger partial charge on any atom is -0.478 e. The van der Waals surface area contributed by atoms with Crippen LogP contribution in [-0.2, 0) is 12.6 Å². The van der Waals surface area contributed by atoms with Gasteiger partial charge in [0.15, 0.2) is 0 Å². The zero-order valence-corrected chi connectivity index (χ0v) is 19.1. The summed E-state index contributed by atoms with van der Waals surface area (Å²) < 4.78 is 49.0. The molecule has 2 heterocycles. The van der Waals surface area contributed by atoms with E-state index >= 15 is 0 Å². The number of carboxylic acids is 1. The summed E-state index contributed by atoms with van der Waals surface area (Å²) in [5.41, 5.74) is -4.13. The predicted octanol–water partition coefficient (Wildman–Crippen LogP) is 5.64. The molecule has 7 nitrogen and oxygen atoms in total. The van der Waals surface area contributed by atoms with E-state index in [-0.39, 0.29) is 38.5 Å². The average Bonchev–Trinajstić information content (AvgIpc) is 3.14. The lowest BCUT2D eigenvalue weighted by atomic mass is 9.80. The number of carboxylic acid groups (broad SMARTS) is 1. The number of benzene rings is 1. The van der Waals surface area contributed by atoms with Crippen molar-refractivity contribution in [3.63, 3.8) is 0 Å². The highest BCUT2D eigenvalue weighted by atomic mass is 35.5. The van der Waals surface area contributed by atoms with Crippen LogP contribution in [0.1, 0.15) is 40.2 Å². The summed E-state index contributed by atoms with van der Waals surface area (Å²) in [7, 11) is 1.25. The van der Waals surface area contributed by atoms with Crippen molar-refractivity contribution in [2.75, 3.05) is 0 Å². The Kier molecular flexibility index (Phi) is 6.85. The smallest absolute Gasteiger partial charge is 0.423 e. The number of pyridine rings is 1. The quantitative estimate of drug-likeness (QED) is 0.441. The molecule has 0 aliphatic rings. The van der Waals surface area contributed by atoms with Gasteiger partial charge < -0.3 is 19.5 Å². The number of hydrogen-bond donors (Lipinski definition) is 2. The number of hydrogen-bond acceptors (Lipinski definition) is 5. The van der Waals surface area contributed by atoms with Crippen molar-refractivity contribution >= 4 is 29.2 Å². The maximum atomic E-state index is 14.2. The van der Waals surface area contributed by atoms with E-state index < -0.39 is 29.4 Å². The molecule has 0 fully saturated rings. The van der Waals surface area contributed by atoms with E-state index in [1.807, 2.05) is 0 Å². The first-order chi connectivity index (χ1) is 15.8. The number of aromatic carboxylic acids is 1. The van der Waals surface area contributed by atoms with E-state index in [0.29, 0.717) is 0 Å². The van der Waals surface area contributed by atoms with E-state index in [2.05, 4.69) is 4.98 Å². The Labute approximate surface area is 201 Å². The summed E-state index contributed by atoms with van der Waals surface area (Å²) in [5, 5.41) is 28.8. The number of ether oxygens (including phenoxy) is 1. The first-order valence-electron chi connectivity index (χ1n) is 9.52. The van der Waals surface area contributed by atoms with Crippen LogP contribution in [0.2, 0.25) is 10.0 Å². The van der Waals surface area contributed by atoms with Gasteiger partial charge in [-0.05, 0) is 35.9 Å². The van der Waals surface area contributed by atoms with Gasteiger partial charge in [-0.1, -0.05) is 36.2 Å². The molecular formula is C22H16Cl2F3N3O4. The van der Waals surface area contributed by atoms with Gasteiger partial charge in [0.05, 0.1) is 11.3 Å². The number of rotatable bonds is 6. The Morgan fingerprint density at radius 2 is 1.88 bits per heavy atom. The normalized spacial score (nSPS) is 14.2. The molecule has 2 N–H and O–H groups in total. The highest BCUT2D eigenvalue weighted by Crippen LogP contribution is 2.50. The number of aromatic nitrogens is 2. The van der Waals surface area contributed by atoms with Gasteiger partial charge in [-0.3, -0.25) is 0 Å². The first-order valence-corrected chi connectivity index (χ1v) is 10.3. The molecule has 0 saturated heterocycles. The van der Waals surface area contributed by atoms with Crippen molar-refractivity contribution in [3.8, 4) is 17.7 Å². The van der Waals surface area contributed by atoms with Gasteiger partial charge in [-0.25, -0.2) is 9.78 Å². The summed E-state index contributed by atoms with van der Waals surface area (Å²) in [4.78, 5) is 14.8. The maximum Gasteiger partial charge on any atom is 0.423 e. The van der Waals surface area contributed by atoms with Crippen molar-refractivity contribution in [1.82, 2.24) is 9.55 Å². The van der Waals surface area contributed by atoms with Gasteiger partial charge in [0.2, 0.25) is 11.5 Å². The third-order valence-electron chi connectivity index (χ3n) is 5.39. The Morgan fingerprint density at radius 1 is 1.21 bits per heavy atom. The van der Waals surface area contributed by atoms with E-state index in [1.165, 1.54) is 31.3 Å². The summed E-state index contributed by atoms with van der Waals surface area (Å²) in [5.74, 6) is -2.88. The van der Waals surface area contributed by atoms with Crippen LogP contribution in [0, 0.1) is 11.3 Å². The van der Waals surface area contributed by atoms with Crippen molar-refractivity contribution < 1.29 is 32.9 Å². The van der Waals surface area contributed by atoms with Gasteiger partial charge in [0, 0.05) is 24.2 Å². The topological polar surface area (TPSA) is 108 Å². The molecule has 0 aliphatic heterocycles. The Morgan fingerprint density at radius 3 is 2.38 bits per heavy atom. The lowest BCUT2D eigenvalue weighted by Crippen LogP contribution is -2.47. The Balaban J connectivity index is 1.99. The summed E-state index contributed by atoms with van der Waals surface area (Å²) in [6, 6.07) is 8.91. The van der Waals surface area contributed by atoms with E-state index in [4.69, 9.17) is 38.3 Å². The molecule has 0 amide bonds. The Bertz CT molecular complexity index is 1300. The Hall–Kier alpha value is -3.26. The minimum atomic E-state index is -5.10. The van der Waals surface area contributed by atoms with Crippen molar-refractivity contribution in [2.24, 2.45) is 7.05 Å². The molecule has 0 radical (unpaired) electrons. The fourth-order valence-corrected chi connectivity index (χ4v) is 4.03. The van der Waals surface area contributed by atoms with Crippen molar-refractivity contribution in [3.05, 3.63) is 75.2 Å². The highest BCUT2D eigenvalue weighted by Gasteiger charge is 2.60. The third-order valence-corrected chi connectivity index (χ3v) is 5.99. The zero-order chi connectivity index (χ0) is 25.4. The number of halogens is 5. The van der Waals surface area contributed by atoms with Gasteiger partial charge in [0.1, 0.15) is 22.5 Å². The molecule has 2 aromatic heterocycles. The van der Waals surface area contributed by atoms with Crippen molar-refractivity contribution in [1.29, 1.82) is 5.26 Å². The number of aliphatic hydroxyl groups is 1. The standard InChI is InChI=1S/C22H16Cl2F3N3O4/c1-11(21(33,22(25,26)27)18-6-3-13(9-28)30(18)2)15-5-4-14(8-16(15)23)34-19-17(24)7-12(10-29-19)20(31)32/h3-8,10-11,33H,1-2H3,(H,31,32)/t11-,21-/m1/s1. The van der Waals surface area contributed by atoms with Crippen LogP contribution in [0.25, 0.3) is 0 Å². The first kappa shape index (κ1) is 25.4. The number of nitriles is 1. The second kappa shape index (κ2) is 9.18. The van der Waals surface area contributed by atoms with Gasteiger partial charge in [-0.15, -0.1) is 0 Å². The number of alkyl halides is 3. The number of carbonyl (C=O) groups is 1. The van der Waals surface area contributed by atoms with Crippen LogP contribution >= 0.6 is 23.2 Å². The van der Waals surface area contributed by atoms with Crippen LogP contribution in [0.3, 0.4) is 0 Å². The molecule has 2 atom stereocenters. The van der Waals surface area contributed by atoms with Crippen LogP contribution in [0.5, 0.6) is 11.6 Å². The molecule has 0 bridgehead atoms. The molecule has 0 saturated carbocycles. The summed E-state index contributed by atoms with van der Waals surface area (Å²) in [6.45, 7) is 1.16. The molecule has 34 heavy (non-hydrogen) atoms. The zero-order valence-electron chi connectivity index (χ0n) is 17.6. The maximum absolute atomic E-state index is 14.2. The van der Waals surface area contributed by atoms with Crippen LogP contribution < -0.4 is 4.74 Å². The van der Waals surface area contributed by atoms with Crippen molar-refractivity contribution in [2.45, 2.75) is 24.6 Å². The summed E-state index contributed by atoms with van der Waals surface area (Å²) in [6.07, 6.45) is -4.08. The fraction of sp³-hybridized carbons (Fsp3) is 0.227. The molecule has 12 heteroatoms. The lowest BCUT2D eigenvalue weighted by Gasteiger charge is -2.37. The second-order valence-electron chi connectivity index (χ2n) is 7.36. The molecule has 0 unspecified atom stereocenters. The van der Waals surface area contributed by atoms with Crippen LogP contribution in [0.15, 0.2) is 42.6 Å². The largest absolute Gasteiger partial charge is 0.478 e. The molecule has 3 rings (SSSR count). The fourth-order valence-electron chi connectivity index (χ4n) is 3.50. The second-order valence-corrected chi connectivity index (χ2v) is 8.18. The lowest BCUT2D eigenvalue weighted by molar-refractivity contribution is -0.276. The van der Waals surface area contributed by atoms with E-state index in [1.54, 1.807) is 6.07 Å². The van der Waals surface area contributed by atoms with Crippen LogP contribution in [0.4, 0.5) is 13.2 Å². The number of nitrogens with zero attached hydrogens (tertiary/aromatic N) is 3. The molecule has 0 spiro atoms. The SMILES string of the molecule is C[C@H](c1ccc(Oc2ncc(C(=O)O)cc2Cl)cc1Cl)[C@@](O)(c1ccc(C#N)n1C)C(F)(F)F. The van der Waals surface area contributed by atoms with Gasteiger partial charge in [-0.2, -0.15) is 18.4 Å². The molecule has 3 aromatic rings. The summed E-state index contributed by atoms with van der Waals surface area (Å²) >= 11 is 12.2. The molecule has 178 valence electrons. The third kappa shape index (κ3) is 4.42.